The number of methoxy groups -OCH3 is 1. The van der Waals surface area contributed by atoms with E-state index in [-0.39, 0.29) is 0 Å². The van der Waals surface area contributed by atoms with E-state index in [0.29, 0.717) is 6.61 Å². The molecule has 0 aliphatic rings. The minimum Gasteiger partial charge on any atom is -0.378 e. The highest BCUT2D eigenvalue weighted by Gasteiger charge is 2.12. The van der Waals surface area contributed by atoms with E-state index < -0.39 is 0 Å². The lowest BCUT2D eigenvalue weighted by Gasteiger charge is -1.97. The van der Waals surface area contributed by atoms with Crippen molar-refractivity contribution < 1.29 is 4.74 Å². The fourth-order valence-corrected chi connectivity index (χ4v) is 3.37. The van der Waals surface area contributed by atoms with Crippen molar-refractivity contribution >= 4 is 27.8 Å². The molecule has 0 saturated carbocycles. The van der Waals surface area contributed by atoms with Gasteiger partial charge >= 0.3 is 0 Å². The first-order valence-electron chi connectivity index (χ1n) is 5.89. The first kappa shape index (κ1) is 13.5. The fourth-order valence-electron chi connectivity index (χ4n) is 1.57. The Labute approximate surface area is 115 Å². The van der Waals surface area contributed by atoms with Crippen molar-refractivity contribution in [2.24, 2.45) is 0 Å². The summed E-state index contributed by atoms with van der Waals surface area (Å²) >= 11 is 3.30. The summed E-state index contributed by atoms with van der Waals surface area (Å²) < 4.78 is 5.11. The monoisotopic (exact) mass is 283 g/mol. The molecule has 0 bridgehead atoms. The van der Waals surface area contributed by atoms with E-state index in [4.69, 9.17) is 4.74 Å². The van der Waals surface area contributed by atoms with Crippen molar-refractivity contribution in [1.82, 2.24) is 9.97 Å². The van der Waals surface area contributed by atoms with Gasteiger partial charge in [-0.3, -0.25) is 0 Å². The van der Waals surface area contributed by atoms with Gasteiger partial charge in [0, 0.05) is 19.0 Å². The van der Waals surface area contributed by atoms with Crippen LogP contribution in [0.5, 0.6) is 0 Å². The Kier molecular flexibility index (Phi) is 4.68. The van der Waals surface area contributed by atoms with Crippen molar-refractivity contribution in [3.8, 4) is 10.6 Å². The lowest BCUT2D eigenvalue weighted by Crippen LogP contribution is -1.98. The number of aryl methyl sites for hydroxylation is 1. The molecule has 2 heterocycles. The van der Waals surface area contributed by atoms with Gasteiger partial charge in [0.05, 0.1) is 22.9 Å². The summed E-state index contributed by atoms with van der Waals surface area (Å²) in [7, 11) is 1.69. The number of anilines is 1. The molecular formula is C12H17N3OS2. The molecule has 98 valence electrons. The van der Waals surface area contributed by atoms with Crippen LogP contribution < -0.4 is 5.32 Å². The van der Waals surface area contributed by atoms with Crippen LogP contribution in [0.2, 0.25) is 0 Å². The van der Waals surface area contributed by atoms with E-state index in [1.807, 2.05) is 6.92 Å². The fraction of sp³-hybridized carbons (Fsp3) is 0.500. The Morgan fingerprint density at radius 2 is 2.22 bits per heavy atom. The average molecular weight is 283 g/mol. The third-order valence-corrected chi connectivity index (χ3v) is 4.33. The molecule has 0 fully saturated rings. The van der Waals surface area contributed by atoms with Crippen LogP contribution in [-0.4, -0.2) is 23.6 Å². The molecule has 0 aliphatic heterocycles. The third kappa shape index (κ3) is 3.07. The van der Waals surface area contributed by atoms with Crippen molar-refractivity contribution in [3.05, 3.63) is 16.1 Å². The summed E-state index contributed by atoms with van der Waals surface area (Å²) in [6.07, 6.45) is 1.10. The van der Waals surface area contributed by atoms with E-state index in [2.05, 4.69) is 27.6 Å². The maximum Gasteiger partial charge on any atom is 0.183 e. The van der Waals surface area contributed by atoms with Crippen molar-refractivity contribution in [1.29, 1.82) is 0 Å². The van der Waals surface area contributed by atoms with Crippen LogP contribution in [-0.2, 0) is 11.3 Å². The molecule has 2 aromatic rings. The lowest BCUT2D eigenvalue weighted by molar-refractivity contribution is 0.184. The van der Waals surface area contributed by atoms with E-state index in [1.165, 1.54) is 0 Å². The maximum absolute atomic E-state index is 5.11. The van der Waals surface area contributed by atoms with Crippen LogP contribution in [0.25, 0.3) is 10.6 Å². The molecule has 2 rings (SSSR count). The standard InChI is InChI=1S/C12H17N3OS2/c1-4-5-13-12-15-9(7-17-12)11-8(2)14-10(18-11)6-16-3/h7H,4-6H2,1-3H3,(H,13,15). The third-order valence-electron chi connectivity index (χ3n) is 2.37. The number of nitrogens with one attached hydrogen (secondary N) is 1. The summed E-state index contributed by atoms with van der Waals surface area (Å²) in [5, 5.41) is 7.36. The van der Waals surface area contributed by atoms with Crippen LogP contribution >= 0.6 is 22.7 Å². The van der Waals surface area contributed by atoms with Crippen molar-refractivity contribution in [3.63, 3.8) is 0 Å². The zero-order valence-electron chi connectivity index (χ0n) is 10.8. The molecule has 0 amide bonds. The summed E-state index contributed by atoms with van der Waals surface area (Å²) in [4.78, 5) is 10.2. The van der Waals surface area contributed by atoms with E-state index in [9.17, 15) is 0 Å². The normalized spacial score (nSPS) is 10.8. The lowest BCUT2D eigenvalue weighted by atomic mass is 10.3. The van der Waals surface area contributed by atoms with Crippen molar-refractivity contribution in [2.75, 3.05) is 19.0 Å². The number of hydrogen-bond acceptors (Lipinski definition) is 6. The van der Waals surface area contributed by atoms with Gasteiger partial charge in [-0.2, -0.15) is 0 Å². The van der Waals surface area contributed by atoms with Crippen LogP contribution in [0.1, 0.15) is 24.0 Å². The van der Waals surface area contributed by atoms with E-state index in [1.54, 1.807) is 29.8 Å². The van der Waals surface area contributed by atoms with E-state index >= 15 is 0 Å². The summed E-state index contributed by atoms with van der Waals surface area (Å²) in [5.74, 6) is 0. The Morgan fingerprint density at radius 1 is 1.39 bits per heavy atom. The smallest absolute Gasteiger partial charge is 0.183 e. The van der Waals surface area contributed by atoms with Gasteiger partial charge in [0.1, 0.15) is 5.01 Å². The quantitative estimate of drug-likeness (QED) is 0.881. The molecule has 0 spiro atoms. The number of hydrogen-bond donors (Lipinski definition) is 1. The van der Waals surface area contributed by atoms with Gasteiger partial charge in [-0.05, 0) is 13.3 Å². The summed E-state index contributed by atoms with van der Waals surface area (Å²) in [6.45, 7) is 5.69. The van der Waals surface area contributed by atoms with Gasteiger partial charge in [-0.1, -0.05) is 6.92 Å². The molecule has 0 aromatic carbocycles. The summed E-state index contributed by atoms with van der Waals surface area (Å²) in [5.41, 5.74) is 2.04. The molecule has 0 saturated heterocycles. The van der Waals surface area contributed by atoms with Gasteiger partial charge in [0.2, 0.25) is 0 Å². The number of rotatable bonds is 6. The number of nitrogens with zero attached hydrogens (tertiary/aromatic N) is 2. The number of aromatic nitrogens is 2. The molecular weight excluding hydrogens is 266 g/mol. The Balaban J connectivity index is 2.17. The SMILES string of the molecule is CCCNc1nc(-c2sc(COC)nc2C)cs1. The van der Waals surface area contributed by atoms with Gasteiger partial charge in [0.15, 0.2) is 5.13 Å². The zero-order valence-corrected chi connectivity index (χ0v) is 12.5. The maximum atomic E-state index is 5.11. The van der Waals surface area contributed by atoms with Crippen LogP contribution in [0, 0.1) is 6.92 Å². The van der Waals surface area contributed by atoms with Crippen LogP contribution in [0.4, 0.5) is 5.13 Å². The van der Waals surface area contributed by atoms with Crippen LogP contribution in [0.3, 0.4) is 0 Å². The largest absolute Gasteiger partial charge is 0.378 e. The number of thiazole rings is 2. The molecule has 0 aliphatic carbocycles. The molecule has 0 unspecified atom stereocenters. The second-order valence-corrected chi connectivity index (χ2v) is 5.86. The first-order valence-corrected chi connectivity index (χ1v) is 7.59. The average Bonchev–Trinajstić information content (AvgIpc) is 2.94. The van der Waals surface area contributed by atoms with E-state index in [0.717, 1.165) is 39.4 Å². The molecule has 6 heteroatoms. The second kappa shape index (κ2) is 6.26. The number of ether oxygens (including phenoxy) is 1. The Morgan fingerprint density at radius 3 is 2.94 bits per heavy atom. The van der Waals surface area contributed by atoms with Crippen LogP contribution in [0.15, 0.2) is 5.38 Å². The molecule has 18 heavy (non-hydrogen) atoms. The van der Waals surface area contributed by atoms with Gasteiger partial charge in [0.25, 0.3) is 0 Å². The second-order valence-electron chi connectivity index (χ2n) is 3.92. The topological polar surface area (TPSA) is 47.0 Å². The predicted molar refractivity (Wildman–Crippen MR) is 77.5 cm³/mol. The minimum atomic E-state index is 0.566. The van der Waals surface area contributed by atoms with Gasteiger partial charge < -0.3 is 10.1 Å². The molecule has 2 aromatic heterocycles. The molecule has 0 radical (unpaired) electrons. The molecule has 0 atom stereocenters. The minimum absolute atomic E-state index is 0.566. The Hall–Kier alpha value is -0.980. The van der Waals surface area contributed by atoms with Gasteiger partial charge in [-0.15, -0.1) is 22.7 Å². The zero-order chi connectivity index (χ0) is 13.0. The highest BCUT2D eigenvalue weighted by atomic mass is 32.1. The molecule has 1 N–H and O–H groups in total. The molecule has 4 nitrogen and oxygen atoms in total. The van der Waals surface area contributed by atoms with Gasteiger partial charge in [-0.25, -0.2) is 9.97 Å². The first-order chi connectivity index (χ1) is 8.74. The predicted octanol–water partition coefficient (Wildman–Crippen LogP) is 3.54. The summed E-state index contributed by atoms with van der Waals surface area (Å²) in [6, 6.07) is 0. The van der Waals surface area contributed by atoms with Crippen molar-refractivity contribution in [2.45, 2.75) is 26.9 Å². The highest BCUT2D eigenvalue weighted by Crippen LogP contribution is 2.32. The highest BCUT2D eigenvalue weighted by molar-refractivity contribution is 7.16. The Bertz CT molecular complexity index is 507.